The molecule has 25 heavy (non-hydrogen) atoms. The molecule has 5 nitrogen and oxygen atoms in total. The molecular weight excluding hydrogens is 316 g/mol. The molecule has 138 valence electrons. The summed E-state index contributed by atoms with van der Waals surface area (Å²) < 4.78 is 11.8. The third kappa shape index (κ3) is 4.33. The number of hydrogen-bond donors (Lipinski definition) is 0. The molecule has 0 radical (unpaired) electrons. The maximum absolute atomic E-state index is 12.8. The van der Waals surface area contributed by atoms with Crippen LogP contribution in [-0.4, -0.2) is 60.7 Å². The van der Waals surface area contributed by atoms with Crippen LogP contribution in [0.1, 0.15) is 38.7 Å². The van der Waals surface area contributed by atoms with Gasteiger partial charge < -0.3 is 14.4 Å². The SMILES string of the molecule is CC(C)Oc1ccc(CN2CCOC3(CCCCN(C)C3=O)C2)cc1. The van der Waals surface area contributed by atoms with Gasteiger partial charge in [0.25, 0.3) is 5.91 Å². The first-order valence-electron chi connectivity index (χ1n) is 9.36. The molecule has 2 fully saturated rings. The summed E-state index contributed by atoms with van der Waals surface area (Å²) >= 11 is 0. The van der Waals surface area contributed by atoms with Crippen molar-refractivity contribution in [1.82, 2.24) is 9.80 Å². The van der Waals surface area contributed by atoms with Gasteiger partial charge in [0.2, 0.25) is 0 Å². The Bertz CT molecular complexity index is 587. The Kier molecular flexibility index (Phi) is 5.64. The molecule has 1 amide bonds. The number of likely N-dealkylation sites (tertiary alicyclic amines) is 1. The quantitative estimate of drug-likeness (QED) is 0.841. The fourth-order valence-corrected chi connectivity index (χ4v) is 3.79. The zero-order valence-corrected chi connectivity index (χ0v) is 15.7. The highest BCUT2D eigenvalue weighted by Crippen LogP contribution is 2.30. The molecule has 1 unspecified atom stereocenters. The number of morpholine rings is 1. The average Bonchev–Trinajstić information content (AvgIpc) is 2.71. The number of benzene rings is 1. The maximum Gasteiger partial charge on any atom is 0.255 e. The lowest BCUT2D eigenvalue weighted by molar-refractivity contribution is -0.169. The Balaban J connectivity index is 1.66. The smallest absolute Gasteiger partial charge is 0.255 e. The summed E-state index contributed by atoms with van der Waals surface area (Å²) in [6, 6.07) is 8.27. The number of ether oxygens (including phenoxy) is 2. The van der Waals surface area contributed by atoms with Gasteiger partial charge in [-0.2, -0.15) is 0 Å². The zero-order chi connectivity index (χ0) is 17.9. The second kappa shape index (κ2) is 7.75. The van der Waals surface area contributed by atoms with Gasteiger partial charge in [-0.15, -0.1) is 0 Å². The summed E-state index contributed by atoms with van der Waals surface area (Å²) in [6.45, 7) is 7.90. The van der Waals surface area contributed by atoms with E-state index in [0.717, 1.165) is 44.6 Å². The first kappa shape index (κ1) is 18.2. The molecule has 5 heteroatoms. The van der Waals surface area contributed by atoms with E-state index in [9.17, 15) is 4.79 Å². The van der Waals surface area contributed by atoms with Crippen molar-refractivity contribution < 1.29 is 14.3 Å². The normalized spacial score (nSPS) is 25.4. The van der Waals surface area contributed by atoms with Gasteiger partial charge >= 0.3 is 0 Å². The number of nitrogens with zero attached hydrogens (tertiary/aromatic N) is 2. The molecule has 0 bridgehead atoms. The molecule has 1 aromatic rings. The van der Waals surface area contributed by atoms with Crippen LogP contribution in [0.3, 0.4) is 0 Å². The molecule has 1 atom stereocenters. The van der Waals surface area contributed by atoms with E-state index < -0.39 is 5.60 Å². The Morgan fingerprint density at radius 3 is 2.68 bits per heavy atom. The number of likely N-dealkylation sites (N-methyl/N-ethyl adjacent to an activating group) is 1. The van der Waals surface area contributed by atoms with Gasteiger partial charge in [0.05, 0.1) is 12.7 Å². The van der Waals surface area contributed by atoms with Crippen molar-refractivity contribution in [3.63, 3.8) is 0 Å². The lowest BCUT2D eigenvalue weighted by Crippen LogP contribution is -2.59. The summed E-state index contributed by atoms with van der Waals surface area (Å²) in [5.74, 6) is 1.05. The van der Waals surface area contributed by atoms with Gasteiger partial charge in [-0.3, -0.25) is 9.69 Å². The highest BCUT2D eigenvalue weighted by atomic mass is 16.5. The molecule has 0 saturated carbocycles. The van der Waals surface area contributed by atoms with Gasteiger partial charge in [-0.25, -0.2) is 0 Å². The van der Waals surface area contributed by atoms with Gasteiger partial charge in [0.1, 0.15) is 5.75 Å². The van der Waals surface area contributed by atoms with Crippen molar-refractivity contribution in [2.45, 2.75) is 51.4 Å². The Morgan fingerprint density at radius 2 is 1.96 bits per heavy atom. The van der Waals surface area contributed by atoms with Gasteiger partial charge in [0, 0.05) is 33.2 Å². The highest BCUT2D eigenvalue weighted by Gasteiger charge is 2.45. The molecule has 0 aromatic heterocycles. The lowest BCUT2D eigenvalue weighted by atomic mass is 9.94. The van der Waals surface area contributed by atoms with E-state index in [-0.39, 0.29) is 12.0 Å². The molecule has 2 aliphatic heterocycles. The first-order valence-corrected chi connectivity index (χ1v) is 9.36. The molecule has 2 aliphatic rings. The maximum atomic E-state index is 12.8. The van der Waals surface area contributed by atoms with E-state index in [1.165, 1.54) is 5.56 Å². The number of amides is 1. The van der Waals surface area contributed by atoms with Crippen LogP contribution in [0.25, 0.3) is 0 Å². The predicted molar refractivity (Wildman–Crippen MR) is 97.7 cm³/mol. The largest absolute Gasteiger partial charge is 0.491 e. The monoisotopic (exact) mass is 346 g/mol. The lowest BCUT2D eigenvalue weighted by Gasteiger charge is -2.42. The summed E-state index contributed by atoms with van der Waals surface area (Å²) in [5, 5.41) is 0. The van der Waals surface area contributed by atoms with Crippen molar-refractivity contribution >= 4 is 5.91 Å². The Morgan fingerprint density at radius 1 is 1.20 bits per heavy atom. The van der Waals surface area contributed by atoms with E-state index in [1.54, 1.807) is 0 Å². The first-order chi connectivity index (χ1) is 12.0. The minimum atomic E-state index is -0.649. The minimum Gasteiger partial charge on any atom is -0.491 e. The van der Waals surface area contributed by atoms with Crippen molar-refractivity contribution in [3.05, 3.63) is 29.8 Å². The Labute approximate surface area is 150 Å². The summed E-state index contributed by atoms with van der Waals surface area (Å²) in [6.07, 6.45) is 3.12. The molecule has 1 aromatic carbocycles. The molecular formula is C20H30N2O3. The fourth-order valence-electron chi connectivity index (χ4n) is 3.79. The number of carbonyl (C=O) groups excluding carboxylic acids is 1. The van der Waals surface area contributed by atoms with E-state index in [2.05, 4.69) is 17.0 Å². The van der Waals surface area contributed by atoms with Crippen LogP contribution in [0.4, 0.5) is 0 Å². The summed E-state index contributed by atoms with van der Waals surface area (Å²) in [7, 11) is 1.89. The third-order valence-corrected chi connectivity index (χ3v) is 5.03. The van der Waals surface area contributed by atoms with Gasteiger partial charge in [0.15, 0.2) is 5.60 Å². The van der Waals surface area contributed by atoms with Crippen LogP contribution in [0.5, 0.6) is 5.75 Å². The van der Waals surface area contributed by atoms with Crippen molar-refractivity contribution in [1.29, 1.82) is 0 Å². The van der Waals surface area contributed by atoms with Crippen molar-refractivity contribution in [2.75, 3.05) is 33.3 Å². The van der Waals surface area contributed by atoms with Crippen LogP contribution < -0.4 is 4.74 Å². The third-order valence-electron chi connectivity index (χ3n) is 5.03. The van der Waals surface area contributed by atoms with E-state index in [4.69, 9.17) is 9.47 Å². The number of carbonyl (C=O) groups is 1. The Hall–Kier alpha value is -1.59. The summed E-state index contributed by atoms with van der Waals surface area (Å²) in [5.41, 5.74) is 0.590. The standard InChI is InChI=1S/C20H30N2O3/c1-16(2)25-18-8-6-17(7-9-18)14-22-12-13-24-20(15-22)10-4-5-11-21(3)19(20)23/h6-9,16H,4-5,10-15H2,1-3H3. The second-order valence-corrected chi connectivity index (χ2v) is 7.55. The molecule has 0 N–H and O–H groups in total. The van der Waals surface area contributed by atoms with Crippen LogP contribution in [0, 0.1) is 0 Å². The van der Waals surface area contributed by atoms with Gasteiger partial charge in [-0.1, -0.05) is 12.1 Å². The van der Waals surface area contributed by atoms with E-state index in [0.29, 0.717) is 13.2 Å². The van der Waals surface area contributed by atoms with Crippen LogP contribution in [0.2, 0.25) is 0 Å². The second-order valence-electron chi connectivity index (χ2n) is 7.55. The number of hydrogen-bond acceptors (Lipinski definition) is 4. The van der Waals surface area contributed by atoms with Crippen LogP contribution in [-0.2, 0) is 16.1 Å². The molecule has 1 spiro atoms. The fraction of sp³-hybridized carbons (Fsp3) is 0.650. The minimum absolute atomic E-state index is 0.149. The zero-order valence-electron chi connectivity index (χ0n) is 15.7. The topological polar surface area (TPSA) is 42.0 Å². The highest BCUT2D eigenvalue weighted by molar-refractivity contribution is 5.85. The van der Waals surface area contributed by atoms with E-state index >= 15 is 0 Å². The number of rotatable bonds is 4. The molecule has 2 saturated heterocycles. The van der Waals surface area contributed by atoms with E-state index in [1.807, 2.05) is 37.9 Å². The van der Waals surface area contributed by atoms with Crippen molar-refractivity contribution in [3.8, 4) is 5.75 Å². The summed E-state index contributed by atoms with van der Waals surface area (Å²) in [4.78, 5) is 17.0. The molecule has 3 rings (SSSR count). The average molecular weight is 346 g/mol. The van der Waals surface area contributed by atoms with Crippen LogP contribution >= 0.6 is 0 Å². The molecule has 0 aliphatic carbocycles. The van der Waals surface area contributed by atoms with Gasteiger partial charge in [-0.05, 0) is 50.8 Å². The van der Waals surface area contributed by atoms with Crippen LogP contribution in [0.15, 0.2) is 24.3 Å². The van der Waals surface area contributed by atoms with Crippen molar-refractivity contribution in [2.24, 2.45) is 0 Å². The predicted octanol–water partition coefficient (Wildman–Crippen LogP) is 2.69. The molecule has 2 heterocycles.